The second-order valence-electron chi connectivity index (χ2n) is 7.16. The van der Waals surface area contributed by atoms with Crippen molar-refractivity contribution in [1.82, 2.24) is 10.2 Å². The van der Waals surface area contributed by atoms with E-state index in [9.17, 15) is 13.2 Å². The summed E-state index contributed by atoms with van der Waals surface area (Å²) in [6.07, 6.45) is -2.22. The van der Waals surface area contributed by atoms with E-state index >= 15 is 0 Å². The van der Waals surface area contributed by atoms with Crippen LogP contribution in [-0.2, 0) is 11.3 Å². The van der Waals surface area contributed by atoms with E-state index < -0.39 is 12.8 Å². The number of hydrogen-bond acceptors (Lipinski definition) is 3. The Morgan fingerprint density at radius 3 is 2.85 bits per heavy atom. The molecular weight excluding hydrogens is 359 g/mol. The number of para-hydroxylation sites is 1. The standard InChI is InChI=1S/C19H26F3N3O2/c1-2-23-17(25-9-7-18(12-25)8-10-26-13-18)24-11-15-5-3-4-6-16(15)27-14-19(20,21)22/h3-6H,2,7-14H2,1H3,(H,23,24). The lowest BCUT2D eigenvalue weighted by atomic mass is 9.87. The number of hydrogen-bond donors (Lipinski definition) is 1. The fraction of sp³-hybridized carbons (Fsp3) is 0.632. The normalized spacial score (nSPS) is 23.3. The molecule has 0 amide bonds. The van der Waals surface area contributed by atoms with Crippen LogP contribution in [0.1, 0.15) is 25.3 Å². The summed E-state index contributed by atoms with van der Waals surface area (Å²) in [4.78, 5) is 6.87. The molecule has 1 spiro atoms. The molecule has 2 fully saturated rings. The third-order valence-electron chi connectivity index (χ3n) is 5.02. The fourth-order valence-electron chi connectivity index (χ4n) is 3.61. The zero-order valence-electron chi connectivity index (χ0n) is 15.5. The molecule has 2 heterocycles. The summed E-state index contributed by atoms with van der Waals surface area (Å²) < 4.78 is 47.9. The Morgan fingerprint density at radius 2 is 2.15 bits per heavy atom. The van der Waals surface area contributed by atoms with Crippen molar-refractivity contribution in [3.8, 4) is 5.75 Å². The first-order chi connectivity index (χ1) is 12.9. The summed E-state index contributed by atoms with van der Waals surface area (Å²) in [5, 5.41) is 3.29. The highest BCUT2D eigenvalue weighted by Gasteiger charge is 2.42. The monoisotopic (exact) mass is 385 g/mol. The van der Waals surface area contributed by atoms with Gasteiger partial charge in [0.05, 0.1) is 13.2 Å². The van der Waals surface area contributed by atoms with E-state index in [-0.39, 0.29) is 17.7 Å². The number of rotatable bonds is 5. The summed E-state index contributed by atoms with van der Waals surface area (Å²) in [6, 6.07) is 6.73. The highest BCUT2D eigenvalue weighted by molar-refractivity contribution is 5.80. The first kappa shape index (κ1) is 19.8. The summed E-state index contributed by atoms with van der Waals surface area (Å²) in [5.41, 5.74) is 0.847. The lowest BCUT2D eigenvalue weighted by Gasteiger charge is -2.25. The number of ether oxygens (including phenoxy) is 2. The molecular formula is C19H26F3N3O2. The van der Waals surface area contributed by atoms with Gasteiger partial charge in [-0.05, 0) is 25.8 Å². The maximum absolute atomic E-state index is 12.5. The van der Waals surface area contributed by atoms with Gasteiger partial charge in [0, 0.05) is 37.2 Å². The number of nitrogens with one attached hydrogen (secondary N) is 1. The Morgan fingerprint density at radius 1 is 1.33 bits per heavy atom. The van der Waals surface area contributed by atoms with Gasteiger partial charge in [-0.1, -0.05) is 18.2 Å². The second kappa shape index (κ2) is 8.37. The third kappa shape index (κ3) is 5.28. The van der Waals surface area contributed by atoms with Crippen LogP contribution in [0.5, 0.6) is 5.75 Å². The van der Waals surface area contributed by atoms with Crippen molar-refractivity contribution in [1.29, 1.82) is 0 Å². The quantitative estimate of drug-likeness (QED) is 0.625. The second-order valence-corrected chi connectivity index (χ2v) is 7.16. The Hall–Kier alpha value is -1.96. The minimum atomic E-state index is -4.36. The maximum Gasteiger partial charge on any atom is 0.422 e. The maximum atomic E-state index is 12.5. The van der Waals surface area contributed by atoms with Crippen LogP contribution in [0.15, 0.2) is 29.3 Å². The largest absolute Gasteiger partial charge is 0.484 e. The molecule has 2 saturated heterocycles. The minimum absolute atomic E-state index is 0.212. The van der Waals surface area contributed by atoms with Gasteiger partial charge in [0.25, 0.3) is 0 Å². The van der Waals surface area contributed by atoms with Crippen LogP contribution < -0.4 is 10.1 Å². The van der Waals surface area contributed by atoms with Crippen LogP contribution in [0, 0.1) is 5.41 Å². The Labute approximate surface area is 157 Å². The van der Waals surface area contributed by atoms with Crippen molar-refractivity contribution >= 4 is 5.96 Å². The number of nitrogens with zero attached hydrogens (tertiary/aromatic N) is 2. The van der Waals surface area contributed by atoms with Gasteiger partial charge in [0.2, 0.25) is 0 Å². The van der Waals surface area contributed by atoms with Crippen molar-refractivity contribution in [3.05, 3.63) is 29.8 Å². The van der Waals surface area contributed by atoms with Gasteiger partial charge < -0.3 is 19.7 Å². The number of guanidine groups is 1. The number of benzene rings is 1. The van der Waals surface area contributed by atoms with Crippen molar-refractivity contribution in [2.75, 3.05) is 39.5 Å². The van der Waals surface area contributed by atoms with Gasteiger partial charge in [-0.25, -0.2) is 4.99 Å². The molecule has 0 aromatic heterocycles. The Balaban J connectivity index is 1.69. The van der Waals surface area contributed by atoms with E-state index in [0.29, 0.717) is 5.56 Å². The van der Waals surface area contributed by atoms with Crippen molar-refractivity contribution < 1.29 is 22.6 Å². The van der Waals surface area contributed by atoms with Crippen LogP contribution in [-0.4, -0.2) is 56.5 Å². The average Bonchev–Trinajstić information content (AvgIpc) is 3.27. The van der Waals surface area contributed by atoms with E-state index in [1.54, 1.807) is 24.3 Å². The zero-order valence-corrected chi connectivity index (χ0v) is 15.5. The summed E-state index contributed by atoms with van der Waals surface area (Å²) in [6.45, 7) is 5.08. The molecule has 2 aliphatic rings. The molecule has 1 unspecified atom stereocenters. The lowest BCUT2D eigenvalue weighted by Crippen LogP contribution is -2.41. The van der Waals surface area contributed by atoms with E-state index in [1.807, 2.05) is 6.92 Å². The van der Waals surface area contributed by atoms with Crippen molar-refractivity contribution in [2.24, 2.45) is 10.4 Å². The van der Waals surface area contributed by atoms with Gasteiger partial charge in [0.15, 0.2) is 12.6 Å². The smallest absolute Gasteiger partial charge is 0.422 e. The molecule has 1 atom stereocenters. The van der Waals surface area contributed by atoms with Gasteiger partial charge in [-0.3, -0.25) is 0 Å². The molecule has 8 heteroatoms. The van der Waals surface area contributed by atoms with E-state index in [4.69, 9.17) is 9.47 Å². The Bertz CT molecular complexity index is 658. The first-order valence-electron chi connectivity index (χ1n) is 9.29. The number of likely N-dealkylation sites (tertiary alicyclic amines) is 1. The van der Waals surface area contributed by atoms with Gasteiger partial charge in [-0.15, -0.1) is 0 Å². The molecule has 1 aromatic carbocycles. The molecule has 0 aliphatic carbocycles. The minimum Gasteiger partial charge on any atom is -0.484 e. The molecule has 1 aromatic rings. The average molecular weight is 385 g/mol. The van der Waals surface area contributed by atoms with Crippen LogP contribution in [0.25, 0.3) is 0 Å². The van der Waals surface area contributed by atoms with E-state index in [0.717, 1.165) is 51.6 Å². The molecule has 27 heavy (non-hydrogen) atoms. The molecule has 3 rings (SSSR count). The summed E-state index contributed by atoms with van der Waals surface area (Å²) in [7, 11) is 0. The highest BCUT2D eigenvalue weighted by Crippen LogP contribution is 2.38. The number of halogens is 3. The Kier molecular flexibility index (Phi) is 6.14. The topological polar surface area (TPSA) is 46.1 Å². The summed E-state index contributed by atoms with van der Waals surface area (Å²) in [5.74, 6) is 1.00. The van der Waals surface area contributed by atoms with Gasteiger partial charge in [-0.2, -0.15) is 13.2 Å². The van der Waals surface area contributed by atoms with E-state index in [1.165, 1.54) is 0 Å². The molecule has 2 aliphatic heterocycles. The third-order valence-corrected chi connectivity index (χ3v) is 5.02. The molecule has 0 saturated carbocycles. The summed E-state index contributed by atoms with van der Waals surface area (Å²) >= 11 is 0. The predicted molar refractivity (Wildman–Crippen MR) is 96.9 cm³/mol. The zero-order chi connectivity index (χ0) is 19.3. The number of alkyl halides is 3. The van der Waals surface area contributed by atoms with Crippen molar-refractivity contribution in [2.45, 2.75) is 32.5 Å². The lowest BCUT2D eigenvalue weighted by molar-refractivity contribution is -0.153. The van der Waals surface area contributed by atoms with Crippen LogP contribution in [0.2, 0.25) is 0 Å². The van der Waals surface area contributed by atoms with Gasteiger partial charge in [0.1, 0.15) is 5.75 Å². The molecule has 5 nitrogen and oxygen atoms in total. The fourth-order valence-corrected chi connectivity index (χ4v) is 3.61. The molecule has 0 bridgehead atoms. The molecule has 1 N–H and O–H groups in total. The first-order valence-corrected chi connectivity index (χ1v) is 9.29. The highest BCUT2D eigenvalue weighted by atomic mass is 19.4. The predicted octanol–water partition coefficient (Wildman–Crippen LogP) is 3.21. The number of aliphatic imine (C=N–C) groups is 1. The van der Waals surface area contributed by atoms with Gasteiger partial charge >= 0.3 is 6.18 Å². The van der Waals surface area contributed by atoms with Crippen LogP contribution >= 0.6 is 0 Å². The molecule has 0 radical (unpaired) electrons. The SMILES string of the molecule is CCNC(=NCc1ccccc1OCC(F)(F)F)N1CCC2(CCOC2)C1. The van der Waals surface area contributed by atoms with Crippen molar-refractivity contribution in [3.63, 3.8) is 0 Å². The van der Waals surface area contributed by atoms with Crippen LogP contribution in [0.4, 0.5) is 13.2 Å². The van der Waals surface area contributed by atoms with E-state index in [2.05, 4.69) is 15.2 Å². The molecule has 150 valence electrons. The van der Waals surface area contributed by atoms with Crippen LogP contribution in [0.3, 0.4) is 0 Å².